The molecule has 4 nitrogen and oxygen atoms in total. The zero-order valence-electron chi connectivity index (χ0n) is 8.22. The molecular formula is C11H12O4. The highest BCUT2D eigenvalue weighted by atomic mass is 16.6. The average molecular weight is 208 g/mol. The lowest BCUT2D eigenvalue weighted by atomic mass is 9.88. The topological polar surface area (TPSA) is 52.6 Å². The molecule has 5 unspecified atom stereocenters. The summed E-state index contributed by atoms with van der Waals surface area (Å²) in [7, 11) is 0. The molecule has 1 saturated heterocycles. The number of fused-ring (bicyclic) bond motifs is 1. The van der Waals surface area contributed by atoms with Gasteiger partial charge in [-0.05, 0) is 30.6 Å². The van der Waals surface area contributed by atoms with Gasteiger partial charge in [-0.1, -0.05) is 0 Å². The highest BCUT2D eigenvalue weighted by molar-refractivity contribution is 5.89. The first-order chi connectivity index (χ1) is 7.29. The van der Waals surface area contributed by atoms with Crippen LogP contribution in [0, 0.1) is 17.8 Å². The maximum absolute atomic E-state index is 11.2. The van der Waals surface area contributed by atoms with E-state index < -0.39 is 5.97 Å². The van der Waals surface area contributed by atoms with Gasteiger partial charge in [0.1, 0.15) is 18.1 Å². The third-order valence-electron chi connectivity index (χ3n) is 3.93. The summed E-state index contributed by atoms with van der Waals surface area (Å²) in [5, 5.41) is 0. The van der Waals surface area contributed by atoms with Crippen LogP contribution in [-0.4, -0.2) is 30.7 Å². The van der Waals surface area contributed by atoms with Crippen molar-refractivity contribution in [2.45, 2.75) is 25.0 Å². The van der Waals surface area contributed by atoms with Gasteiger partial charge in [-0.3, -0.25) is 0 Å². The van der Waals surface area contributed by atoms with Crippen molar-refractivity contribution in [2.75, 3.05) is 6.61 Å². The smallest absolute Gasteiger partial charge is 0.342 e. The second-order valence-corrected chi connectivity index (χ2v) is 4.62. The monoisotopic (exact) mass is 208 g/mol. The Balaban J connectivity index is 1.73. The molecule has 80 valence electrons. The minimum Gasteiger partial charge on any atom is -0.456 e. The first kappa shape index (κ1) is 9.13. The summed E-state index contributed by atoms with van der Waals surface area (Å²) in [4.78, 5) is 21.2. The molecule has 0 aromatic heterocycles. The summed E-state index contributed by atoms with van der Waals surface area (Å²) in [5.74, 6) is 2.55. The van der Waals surface area contributed by atoms with Crippen molar-refractivity contribution in [1.29, 1.82) is 0 Å². The summed E-state index contributed by atoms with van der Waals surface area (Å²) < 4.78 is 10.9. The van der Waals surface area contributed by atoms with Gasteiger partial charge in [0.25, 0.3) is 0 Å². The molecule has 4 heteroatoms. The molecule has 0 aromatic rings. The molecule has 3 fully saturated rings. The molecule has 0 N–H and O–H groups in total. The Morgan fingerprint density at radius 2 is 2.27 bits per heavy atom. The maximum atomic E-state index is 11.2. The highest BCUT2D eigenvalue weighted by Gasteiger charge is 2.58. The van der Waals surface area contributed by atoms with Crippen LogP contribution in [0.25, 0.3) is 0 Å². The van der Waals surface area contributed by atoms with E-state index >= 15 is 0 Å². The van der Waals surface area contributed by atoms with Crippen molar-refractivity contribution in [3.63, 3.8) is 0 Å². The lowest BCUT2D eigenvalue weighted by molar-refractivity contribution is -0.151. The van der Waals surface area contributed by atoms with Gasteiger partial charge in [0.15, 0.2) is 0 Å². The van der Waals surface area contributed by atoms with Crippen molar-refractivity contribution in [1.82, 2.24) is 0 Å². The van der Waals surface area contributed by atoms with Crippen molar-refractivity contribution in [3.05, 3.63) is 6.08 Å². The van der Waals surface area contributed by atoms with Gasteiger partial charge in [0.2, 0.25) is 0 Å². The van der Waals surface area contributed by atoms with E-state index in [1.165, 1.54) is 5.94 Å². The molecule has 0 radical (unpaired) electrons. The molecule has 3 rings (SSSR count). The Morgan fingerprint density at radius 1 is 1.40 bits per heavy atom. The Hall–Kier alpha value is -1.12. The van der Waals surface area contributed by atoms with Crippen molar-refractivity contribution < 1.29 is 19.1 Å². The number of esters is 1. The van der Waals surface area contributed by atoms with E-state index in [-0.39, 0.29) is 12.2 Å². The number of carbonyl (C=O) groups excluding carboxylic acids is 2. The largest absolute Gasteiger partial charge is 0.456 e. The van der Waals surface area contributed by atoms with E-state index in [9.17, 15) is 9.59 Å². The number of hydrogen-bond donors (Lipinski definition) is 0. The lowest BCUT2D eigenvalue weighted by Gasteiger charge is -2.25. The van der Waals surface area contributed by atoms with Crippen molar-refractivity contribution in [3.8, 4) is 0 Å². The summed E-state index contributed by atoms with van der Waals surface area (Å²) in [6, 6.07) is 0. The first-order valence-corrected chi connectivity index (χ1v) is 5.32. The quantitative estimate of drug-likeness (QED) is 0.373. The highest BCUT2D eigenvalue weighted by Crippen LogP contribution is 2.54. The molecule has 1 aliphatic heterocycles. The first-order valence-electron chi connectivity index (χ1n) is 5.32. The summed E-state index contributed by atoms with van der Waals surface area (Å²) in [6.45, 7) is 0.809. The number of carbonyl (C=O) groups is 1. The number of rotatable bonds is 2. The summed E-state index contributed by atoms with van der Waals surface area (Å²) in [6.07, 6.45) is 2.96. The van der Waals surface area contributed by atoms with Crippen LogP contribution in [-0.2, 0) is 19.1 Å². The van der Waals surface area contributed by atoms with Crippen LogP contribution in [0.3, 0.4) is 0 Å². The van der Waals surface area contributed by atoms with E-state index in [0.717, 1.165) is 25.5 Å². The van der Waals surface area contributed by atoms with Crippen LogP contribution >= 0.6 is 0 Å². The van der Waals surface area contributed by atoms with Crippen LogP contribution in [0.4, 0.5) is 0 Å². The third-order valence-corrected chi connectivity index (χ3v) is 3.93. The molecule has 2 aliphatic carbocycles. The second-order valence-electron chi connectivity index (χ2n) is 4.62. The Bertz CT molecular complexity index is 342. The van der Waals surface area contributed by atoms with Crippen molar-refractivity contribution in [2.24, 2.45) is 17.8 Å². The Labute approximate surface area is 87.2 Å². The Kier molecular flexibility index (Phi) is 1.94. The average Bonchev–Trinajstić information content (AvgIpc) is 2.77. The molecule has 2 saturated carbocycles. The second kappa shape index (κ2) is 3.19. The number of ether oxygens (including phenoxy) is 2. The van der Waals surface area contributed by atoms with Crippen LogP contribution < -0.4 is 0 Å². The van der Waals surface area contributed by atoms with Crippen LogP contribution in [0.1, 0.15) is 12.8 Å². The molecule has 3 aliphatic rings. The van der Waals surface area contributed by atoms with Gasteiger partial charge in [-0.25, -0.2) is 9.59 Å². The normalized spacial score (nSPS) is 45.2. The van der Waals surface area contributed by atoms with Gasteiger partial charge in [-0.15, -0.1) is 0 Å². The fraction of sp³-hybridized carbons (Fsp3) is 0.727. The molecule has 15 heavy (non-hydrogen) atoms. The standard InChI is InChI=1S/C11H12O4/c12-2-1-9(13)15-10-6-3-7-5-14-11(10)8(7)4-6/h1,6-8,10-11H,3-5H2. The van der Waals surface area contributed by atoms with Crippen LogP contribution in [0.5, 0.6) is 0 Å². The zero-order valence-corrected chi connectivity index (χ0v) is 8.22. The maximum Gasteiger partial charge on any atom is 0.342 e. The summed E-state index contributed by atoms with van der Waals surface area (Å²) in [5.41, 5.74) is 0. The predicted molar refractivity (Wildman–Crippen MR) is 49.6 cm³/mol. The minimum atomic E-state index is -0.588. The lowest BCUT2D eigenvalue weighted by Crippen LogP contribution is -2.35. The number of hydrogen-bond acceptors (Lipinski definition) is 4. The minimum absolute atomic E-state index is 0.0813. The van der Waals surface area contributed by atoms with Crippen LogP contribution in [0.15, 0.2) is 6.08 Å². The van der Waals surface area contributed by atoms with E-state index in [1.807, 2.05) is 0 Å². The molecule has 2 bridgehead atoms. The van der Waals surface area contributed by atoms with Crippen molar-refractivity contribution >= 4 is 11.9 Å². The van der Waals surface area contributed by atoms with E-state index in [0.29, 0.717) is 17.8 Å². The van der Waals surface area contributed by atoms with Gasteiger partial charge >= 0.3 is 5.97 Å². The zero-order chi connectivity index (χ0) is 10.4. The molecule has 0 aromatic carbocycles. The molecule has 0 spiro atoms. The molecule has 1 heterocycles. The molecule has 0 amide bonds. The van der Waals surface area contributed by atoms with E-state index in [1.54, 1.807) is 0 Å². The fourth-order valence-electron chi connectivity index (χ4n) is 3.41. The van der Waals surface area contributed by atoms with E-state index in [4.69, 9.17) is 9.47 Å². The SMILES string of the molecule is O=C=CC(=O)OC1C2CC3COC1C3C2. The van der Waals surface area contributed by atoms with Gasteiger partial charge < -0.3 is 9.47 Å². The predicted octanol–water partition coefficient (Wildman–Crippen LogP) is 0.341. The fourth-order valence-corrected chi connectivity index (χ4v) is 3.41. The third kappa shape index (κ3) is 1.25. The molecule has 5 atom stereocenters. The van der Waals surface area contributed by atoms with Gasteiger partial charge in [0, 0.05) is 0 Å². The molecular weight excluding hydrogens is 196 g/mol. The van der Waals surface area contributed by atoms with Crippen LogP contribution in [0.2, 0.25) is 0 Å². The van der Waals surface area contributed by atoms with Gasteiger partial charge in [-0.2, -0.15) is 0 Å². The summed E-state index contributed by atoms with van der Waals surface area (Å²) >= 11 is 0. The Morgan fingerprint density at radius 3 is 3.07 bits per heavy atom. The van der Waals surface area contributed by atoms with Gasteiger partial charge in [0.05, 0.1) is 12.7 Å². The van der Waals surface area contributed by atoms with E-state index in [2.05, 4.69) is 0 Å².